The molecule has 3 N–H and O–H groups in total. The van der Waals surface area contributed by atoms with Gasteiger partial charge in [0.1, 0.15) is 0 Å². The van der Waals surface area contributed by atoms with E-state index >= 15 is 0 Å². The van der Waals surface area contributed by atoms with Gasteiger partial charge in [0.25, 0.3) is 0 Å². The van der Waals surface area contributed by atoms with Gasteiger partial charge in [-0.1, -0.05) is 44.6 Å². The van der Waals surface area contributed by atoms with E-state index in [0.717, 1.165) is 38.6 Å². The van der Waals surface area contributed by atoms with Crippen molar-refractivity contribution in [3.63, 3.8) is 0 Å². The Hall–Kier alpha value is -1.16. The highest BCUT2D eigenvalue weighted by atomic mass is 16.3. The SMILES string of the molecule is Cc1c(C(C)C2NCC(C)CC2O)ccc2c1CC1C2CC=C2CC(O)CC[C@@]21C. The number of allylic oxidation sites excluding steroid dienone is 1. The van der Waals surface area contributed by atoms with Crippen LogP contribution in [0.15, 0.2) is 23.8 Å². The minimum Gasteiger partial charge on any atom is -0.393 e. The van der Waals surface area contributed by atoms with E-state index in [-0.39, 0.29) is 23.7 Å². The van der Waals surface area contributed by atoms with Crippen LogP contribution < -0.4 is 5.32 Å². The van der Waals surface area contributed by atoms with Crippen molar-refractivity contribution in [1.29, 1.82) is 0 Å². The maximum absolute atomic E-state index is 10.7. The molecule has 7 unspecified atom stereocenters. The van der Waals surface area contributed by atoms with Crippen LogP contribution in [0.1, 0.15) is 87.0 Å². The summed E-state index contributed by atoms with van der Waals surface area (Å²) in [5.41, 5.74) is 7.79. The van der Waals surface area contributed by atoms with Crippen molar-refractivity contribution >= 4 is 0 Å². The summed E-state index contributed by atoms with van der Waals surface area (Å²) in [7, 11) is 0. The zero-order valence-electron chi connectivity index (χ0n) is 19.1. The predicted molar refractivity (Wildman–Crippen MR) is 122 cm³/mol. The van der Waals surface area contributed by atoms with Crippen LogP contribution in [0, 0.1) is 24.2 Å². The summed E-state index contributed by atoms with van der Waals surface area (Å²) in [5, 5.41) is 24.6. The summed E-state index contributed by atoms with van der Waals surface area (Å²) in [4.78, 5) is 0. The molecule has 0 aromatic heterocycles. The average Bonchev–Trinajstić information content (AvgIpc) is 3.09. The number of fused-ring (bicyclic) bond motifs is 5. The molecule has 3 heteroatoms. The fraction of sp³-hybridized carbons (Fsp3) is 0.704. The maximum Gasteiger partial charge on any atom is 0.0702 e. The first kappa shape index (κ1) is 20.7. The normalized spacial score (nSPS) is 41.5. The van der Waals surface area contributed by atoms with Crippen LogP contribution in [-0.4, -0.2) is 35.0 Å². The highest BCUT2D eigenvalue weighted by Crippen LogP contribution is 2.60. The standard InChI is InChI=1S/C27H39NO2/c1-15-11-25(30)26(28-14-15)17(3)20-7-8-21-22-6-5-18-12-19(29)9-10-27(18,4)24(22)13-23(21)16(20)2/h5,7-8,15,17,19,22,24-26,28-30H,6,9-14H2,1-4H3/t15?,17?,19?,22?,24?,25?,26?,27-/m0/s1. The van der Waals surface area contributed by atoms with E-state index in [0.29, 0.717) is 23.7 Å². The number of aliphatic hydroxyl groups excluding tert-OH is 2. The molecule has 1 aromatic carbocycles. The van der Waals surface area contributed by atoms with E-state index in [1.54, 1.807) is 11.1 Å². The number of rotatable bonds is 2. The molecule has 30 heavy (non-hydrogen) atoms. The van der Waals surface area contributed by atoms with Gasteiger partial charge in [0, 0.05) is 6.04 Å². The minimum atomic E-state index is -0.265. The zero-order valence-corrected chi connectivity index (χ0v) is 19.1. The second-order valence-corrected chi connectivity index (χ2v) is 11.2. The summed E-state index contributed by atoms with van der Waals surface area (Å²) >= 11 is 0. The highest BCUT2D eigenvalue weighted by Gasteiger charge is 2.50. The first-order valence-corrected chi connectivity index (χ1v) is 12.2. The Balaban J connectivity index is 1.44. The van der Waals surface area contributed by atoms with Gasteiger partial charge in [-0.3, -0.25) is 0 Å². The van der Waals surface area contributed by atoms with Crippen molar-refractivity contribution in [2.24, 2.45) is 17.3 Å². The lowest BCUT2D eigenvalue weighted by molar-refractivity contribution is 0.0656. The number of benzene rings is 1. The summed E-state index contributed by atoms with van der Waals surface area (Å²) in [6, 6.07) is 4.92. The molecule has 3 aliphatic carbocycles. The van der Waals surface area contributed by atoms with E-state index in [2.05, 4.69) is 51.2 Å². The Bertz CT molecular complexity index is 861. The lowest BCUT2D eigenvalue weighted by atomic mass is 9.57. The van der Waals surface area contributed by atoms with E-state index < -0.39 is 0 Å². The smallest absolute Gasteiger partial charge is 0.0702 e. The first-order valence-electron chi connectivity index (χ1n) is 12.2. The molecule has 1 heterocycles. The van der Waals surface area contributed by atoms with E-state index in [1.807, 2.05) is 0 Å². The predicted octanol–water partition coefficient (Wildman–Crippen LogP) is 4.59. The lowest BCUT2D eigenvalue weighted by Crippen LogP contribution is -2.50. The summed E-state index contributed by atoms with van der Waals surface area (Å²) < 4.78 is 0. The average molecular weight is 410 g/mol. The lowest BCUT2D eigenvalue weighted by Gasteiger charge is -2.48. The van der Waals surface area contributed by atoms with E-state index in [1.165, 1.54) is 23.1 Å². The Morgan fingerprint density at radius 3 is 2.77 bits per heavy atom. The van der Waals surface area contributed by atoms with Crippen molar-refractivity contribution in [2.45, 2.75) is 96.3 Å². The van der Waals surface area contributed by atoms with Gasteiger partial charge in [-0.05, 0) is 103 Å². The molecule has 0 spiro atoms. The van der Waals surface area contributed by atoms with Crippen molar-refractivity contribution in [3.8, 4) is 0 Å². The first-order chi connectivity index (χ1) is 14.3. The highest BCUT2D eigenvalue weighted by molar-refractivity contribution is 5.49. The molecule has 1 saturated heterocycles. The van der Waals surface area contributed by atoms with Crippen molar-refractivity contribution in [3.05, 3.63) is 46.0 Å². The summed E-state index contributed by atoms with van der Waals surface area (Å²) in [6.45, 7) is 10.3. The number of hydrogen-bond donors (Lipinski definition) is 3. The van der Waals surface area contributed by atoms with Crippen LogP contribution in [0.4, 0.5) is 0 Å². The van der Waals surface area contributed by atoms with Gasteiger partial charge in [0.2, 0.25) is 0 Å². The third-order valence-electron chi connectivity index (χ3n) is 9.40. The topological polar surface area (TPSA) is 52.5 Å². The van der Waals surface area contributed by atoms with Gasteiger partial charge in [-0.25, -0.2) is 0 Å². The monoisotopic (exact) mass is 409 g/mol. The fourth-order valence-corrected chi connectivity index (χ4v) is 7.49. The third-order valence-corrected chi connectivity index (χ3v) is 9.40. The van der Waals surface area contributed by atoms with Crippen molar-refractivity contribution < 1.29 is 10.2 Å². The second-order valence-electron chi connectivity index (χ2n) is 11.2. The molecule has 1 saturated carbocycles. The number of hydrogen-bond acceptors (Lipinski definition) is 3. The van der Waals surface area contributed by atoms with E-state index in [9.17, 15) is 10.2 Å². The Morgan fingerprint density at radius 2 is 2.00 bits per heavy atom. The maximum atomic E-state index is 10.7. The van der Waals surface area contributed by atoms with Gasteiger partial charge in [-0.2, -0.15) is 0 Å². The molecular weight excluding hydrogens is 370 g/mol. The number of aliphatic hydroxyl groups is 2. The van der Waals surface area contributed by atoms with Gasteiger partial charge >= 0.3 is 0 Å². The van der Waals surface area contributed by atoms with Crippen molar-refractivity contribution in [1.82, 2.24) is 5.32 Å². The molecule has 5 rings (SSSR count). The Morgan fingerprint density at radius 1 is 1.20 bits per heavy atom. The molecule has 0 amide bonds. The van der Waals surface area contributed by atoms with Crippen molar-refractivity contribution in [2.75, 3.05) is 6.54 Å². The second kappa shape index (κ2) is 7.46. The molecule has 3 nitrogen and oxygen atoms in total. The van der Waals surface area contributed by atoms with Gasteiger partial charge in [-0.15, -0.1) is 0 Å². The minimum absolute atomic E-state index is 0.143. The largest absolute Gasteiger partial charge is 0.393 e. The molecular formula is C27H39NO2. The van der Waals surface area contributed by atoms with Crippen LogP contribution in [-0.2, 0) is 6.42 Å². The van der Waals surface area contributed by atoms with Crippen LogP contribution >= 0.6 is 0 Å². The van der Waals surface area contributed by atoms with Gasteiger partial charge in [0.15, 0.2) is 0 Å². The molecule has 2 fully saturated rings. The number of nitrogens with one attached hydrogen (secondary N) is 1. The number of piperidine rings is 1. The van der Waals surface area contributed by atoms with Gasteiger partial charge in [0.05, 0.1) is 12.2 Å². The molecule has 0 radical (unpaired) electrons. The molecule has 0 bridgehead atoms. The summed E-state index contributed by atoms with van der Waals surface area (Å²) in [6.07, 6.45) is 8.20. The zero-order chi connectivity index (χ0) is 21.2. The van der Waals surface area contributed by atoms with Gasteiger partial charge < -0.3 is 15.5 Å². The van der Waals surface area contributed by atoms with Crippen LogP contribution in [0.2, 0.25) is 0 Å². The fourth-order valence-electron chi connectivity index (χ4n) is 7.49. The quantitative estimate of drug-likeness (QED) is 0.626. The summed E-state index contributed by atoms with van der Waals surface area (Å²) in [5.74, 6) is 2.16. The van der Waals surface area contributed by atoms with E-state index in [4.69, 9.17) is 0 Å². The van der Waals surface area contributed by atoms with Crippen LogP contribution in [0.5, 0.6) is 0 Å². The Labute approximate surface area is 182 Å². The molecule has 164 valence electrons. The molecule has 4 aliphatic rings. The molecule has 8 atom stereocenters. The van der Waals surface area contributed by atoms with Crippen LogP contribution in [0.3, 0.4) is 0 Å². The third kappa shape index (κ3) is 3.12. The molecule has 1 aromatic rings. The molecule has 1 aliphatic heterocycles. The Kier molecular flexibility index (Phi) is 5.16. The van der Waals surface area contributed by atoms with Crippen LogP contribution in [0.25, 0.3) is 0 Å².